The number of nitrogen functional groups attached to an aromatic ring is 1. The van der Waals surface area contributed by atoms with Crippen molar-refractivity contribution in [3.8, 4) is 10.7 Å². The molecule has 108 valence electrons. The average molecular weight is 320 g/mol. The molecule has 3 heterocycles. The van der Waals surface area contributed by atoms with E-state index in [1.54, 1.807) is 11.3 Å². The van der Waals surface area contributed by atoms with E-state index in [2.05, 4.69) is 20.3 Å². The molecule has 0 bridgehead atoms. The lowest BCUT2D eigenvalue weighted by molar-refractivity contribution is 0.391. The largest absolute Gasteiger partial charge is 0.368 e. The third kappa shape index (κ3) is 2.54. The Morgan fingerprint density at radius 2 is 2.33 bits per heavy atom. The van der Waals surface area contributed by atoms with E-state index in [9.17, 15) is 0 Å². The summed E-state index contributed by atoms with van der Waals surface area (Å²) in [4.78, 5) is 5.39. The zero-order chi connectivity index (χ0) is 14.2. The van der Waals surface area contributed by atoms with Crippen LogP contribution in [0.4, 0.5) is 5.95 Å². The molecule has 3 aromatic heterocycles. The van der Waals surface area contributed by atoms with Crippen LogP contribution in [0.25, 0.3) is 10.7 Å². The van der Waals surface area contributed by atoms with Crippen LogP contribution < -0.4 is 5.73 Å². The molecule has 1 fully saturated rings. The number of nitrogens with zero attached hydrogens (tertiary/aromatic N) is 5. The van der Waals surface area contributed by atoms with Gasteiger partial charge in [0.15, 0.2) is 5.16 Å². The van der Waals surface area contributed by atoms with Crippen LogP contribution in [0.5, 0.6) is 0 Å². The molecule has 0 aliphatic heterocycles. The van der Waals surface area contributed by atoms with E-state index in [0.717, 1.165) is 22.9 Å². The molecule has 4 rings (SSSR count). The third-order valence-corrected chi connectivity index (χ3v) is 4.93. The number of anilines is 1. The van der Waals surface area contributed by atoms with Crippen molar-refractivity contribution in [3.05, 3.63) is 23.4 Å². The second kappa shape index (κ2) is 5.15. The topological polar surface area (TPSA) is 95.7 Å². The standard InChI is InChI=1S/C12H12N6OS2/c13-11-15-16-12(18(11)7-3-4-7)21-6-9-14-10(17-19-9)8-2-1-5-20-8/h1-2,5,7H,3-4,6H2,(H2,13,15). The van der Waals surface area contributed by atoms with E-state index in [4.69, 9.17) is 10.3 Å². The molecule has 1 saturated carbocycles. The monoisotopic (exact) mass is 320 g/mol. The lowest BCUT2D eigenvalue weighted by Gasteiger charge is -2.03. The van der Waals surface area contributed by atoms with Crippen molar-refractivity contribution < 1.29 is 4.52 Å². The zero-order valence-electron chi connectivity index (χ0n) is 11.0. The first-order chi connectivity index (χ1) is 10.3. The predicted molar refractivity (Wildman–Crippen MR) is 79.9 cm³/mol. The molecule has 3 aromatic rings. The molecule has 9 heteroatoms. The van der Waals surface area contributed by atoms with E-state index >= 15 is 0 Å². The van der Waals surface area contributed by atoms with Crippen molar-refractivity contribution in [1.82, 2.24) is 24.9 Å². The fourth-order valence-electron chi connectivity index (χ4n) is 2.01. The number of thiophene rings is 1. The summed E-state index contributed by atoms with van der Waals surface area (Å²) in [6, 6.07) is 4.38. The molecular formula is C12H12N6OS2. The number of hydrogen-bond acceptors (Lipinski definition) is 8. The van der Waals surface area contributed by atoms with Gasteiger partial charge in [-0.25, -0.2) is 0 Å². The van der Waals surface area contributed by atoms with Crippen molar-refractivity contribution in [3.63, 3.8) is 0 Å². The summed E-state index contributed by atoms with van der Waals surface area (Å²) in [6.07, 6.45) is 2.28. The molecule has 1 aliphatic carbocycles. The summed E-state index contributed by atoms with van der Waals surface area (Å²) in [5.41, 5.74) is 5.85. The van der Waals surface area contributed by atoms with Gasteiger partial charge in [0.2, 0.25) is 17.7 Å². The fourth-order valence-corrected chi connectivity index (χ4v) is 3.51. The molecule has 7 nitrogen and oxygen atoms in total. The van der Waals surface area contributed by atoms with Crippen molar-refractivity contribution in [2.75, 3.05) is 5.73 Å². The SMILES string of the molecule is Nc1nnc(SCc2nc(-c3cccs3)no2)n1C1CC1. The van der Waals surface area contributed by atoms with Crippen LogP contribution in [0.15, 0.2) is 27.2 Å². The van der Waals surface area contributed by atoms with Gasteiger partial charge in [-0.2, -0.15) is 4.98 Å². The second-order valence-corrected chi connectivity index (χ2v) is 6.61. The average Bonchev–Trinajstić information content (AvgIpc) is 2.94. The highest BCUT2D eigenvalue weighted by atomic mass is 32.2. The number of hydrogen-bond donors (Lipinski definition) is 1. The smallest absolute Gasteiger partial charge is 0.237 e. The van der Waals surface area contributed by atoms with Gasteiger partial charge in [0.25, 0.3) is 0 Å². The molecular weight excluding hydrogens is 308 g/mol. The van der Waals surface area contributed by atoms with Crippen LogP contribution in [-0.4, -0.2) is 24.9 Å². The summed E-state index contributed by atoms with van der Waals surface area (Å²) in [6.45, 7) is 0. The summed E-state index contributed by atoms with van der Waals surface area (Å²) < 4.78 is 7.26. The lowest BCUT2D eigenvalue weighted by Crippen LogP contribution is -2.02. The van der Waals surface area contributed by atoms with Crippen molar-refractivity contribution >= 4 is 29.0 Å². The van der Waals surface area contributed by atoms with Gasteiger partial charge in [-0.15, -0.1) is 21.5 Å². The number of rotatable bonds is 5. The summed E-state index contributed by atoms with van der Waals surface area (Å²) in [5.74, 6) is 2.24. The van der Waals surface area contributed by atoms with E-state index < -0.39 is 0 Å². The minimum Gasteiger partial charge on any atom is -0.368 e. The number of nitrogens with two attached hydrogens (primary N) is 1. The van der Waals surface area contributed by atoms with Crippen molar-refractivity contribution in [2.45, 2.75) is 29.8 Å². The van der Waals surface area contributed by atoms with Gasteiger partial charge in [0.1, 0.15) is 0 Å². The molecule has 0 atom stereocenters. The maximum Gasteiger partial charge on any atom is 0.237 e. The first kappa shape index (κ1) is 12.8. The van der Waals surface area contributed by atoms with Gasteiger partial charge in [-0.05, 0) is 24.3 Å². The van der Waals surface area contributed by atoms with Gasteiger partial charge >= 0.3 is 0 Å². The Hall–Kier alpha value is -1.87. The molecule has 0 radical (unpaired) electrons. The minimum atomic E-state index is 0.451. The van der Waals surface area contributed by atoms with Crippen LogP contribution >= 0.6 is 23.1 Å². The summed E-state index contributed by atoms with van der Waals surface area (Å²) in [7, 11) is 0. The highest BCUT2D eigenvalue weighted by molar-refractivity contribution is 7.98. The summed E-state index contributed by atoms with van der Waals surface area (Å²) >= 11 is 3.10. The van der Waals surface area contributed by atoms with Crippen LogP contribution in [0, 0.1) is 0 Å². The Kier molecular flexibility index (Phi) is 3.15. The Morgan fingerprint density at radius 3 is 3.10 bits per heavy atom. The highest BCUT2D eigenvalue weighted by Crippen LogP contribution is 2.39. The quantitative estimate of drug-likeness (QED) is 0.722. The Balaban J connectivity index is 1.48. The van der Waals surface area contributed by atoms with E-state index in [0.29, 0.717) is 29.5 Å². The van der Waals surface area contributed by atoms with Gasteiger partial charge in [-0.1, -0.05) is 23.0 Å². The molecule has 0 aromatic carbocycles. The maximum absolute atomic E-state index is 5.85. The molecule has 21 heavy (non-hydrogen) atoms. The van der Waals surface area contributed by atoms with Gasteiger partial charge in [-0.3, -0.25) is 4.57 Å². The van der Waals surface area contributed by atoms with Crippen LogP contribution in [0.1, 0.15) is 24.8 Å². The van der Waals surface area contributed by atoms with Gasteiger partial charge in [0, 0.05) is 6.04 Å². The molecule has 1 aliphatic rings. The lowest BCUT2D eigenvalue weighted by atomic mass is 10.4. The number of aromatic nitrogens is 5. The minimum absolute atomic E-state index is 0.451. The molecule has 0 spiro atoms. The molecule has 0 amide bonds. The zero-order valence-corrected chi connectivity index (χ0v) is 12.6. The van der Waals surface area contributed by atoms with Gasteiger partial charge < -0.3 is 10.3 Å². The van der Waals surface area contributed by atoms with E-state index in [1.165, 1.54) is 11.8 Å². The predicted octanol–water partition coefficient (Wildman–Crippen LogP) is 2.60. The maximum atomic E-state index is 5.85. The Bertz CT molecular complexity index is 746. The Morgan fingerprint density at radius 1 is 1.43 bits per heavy atom. The van der Waals surface area contributed by atoms with Crippen LogP contribution in [0.3, 0.4) is 0 Å². The molecule has 2 N–H and O–H groups in total. The van der Waals surface area contributed by atoms with Crippen LogP contribution in [-0.2, 0) is 5.75 Å². The normalized spacial score (nSPS) is 14.7. The second-order valence-electron chi connectivity index (χ2n) is 4.72. The van der Waals surface area contributed by atoms with Crippen LogP contribution in [0.2, 0.25) is 0 Å². The van der Waals surface area contributed by atoms with Crippen molar-refractivity contribution in [2.24, 2.45) is 0 Å². The van der Waals surface area contributed by atoms with E-state index in [-0.39, 0.29) is 0 Å². The van der Waals surface area contributed by atoms with Gasteiger partial charge in [0.05, 0.1) is 10.6 Å². The van der Waals surface area contributed by atoms with E-state index in [1.807, 2.05) is 22.1 Å². The first-order valence-corrected chi connectivity index (χ1v) is 8.37. The third-order valence-electron chi connectivity index (χ3n) is 3.14. The summed E-state index contributed by atoms with van der Waals surface area (Å²) in [5, 5.41) is 14.8. The fraction of sp³-hybridized carbons (Fsp3) is 0.333. The first-order valence-electron chi connectivity index (χ1n) is 6.51. The highest BCUT2D eigenvalue weighted by Gasteiger charge is 2.29. The molecule has 0 unspecified atom stereocenters. The molecule has 0 saturated heterocycles. The number of thioether (sulfide) groups is 1. The Labute approximate surface area is 128 Å². The van der Waals surface area contributed by atoms with Crippen molar-refractivity contribution in [1.29, 1.82) is 0 Å².